The van der Waals surface area contributed by atoms with Crippen molar-refractivity contribution >= 4 is 11.4 Å². The van der Waals surface area contributed by atoms with Crippen molar-refractivity contribution in [1.29, 1.82) is 0 Å². The van der Waals surface area contributed by atoms with Gasteiger partial charge in [-0.2, -0.15) is 0 Å². The molecule has 0 heterocycles. The fourth-order valence-electron chi connectivity index (χ4n) is 2.21. The monoisotopic (exact) mass is 286 g/mol. The lowest BCUT2D eigenvalue weighted by Crippen LogP contribution is -2.00. The molecule has 2 aromatic rings. The molecule has 110 valence electrons. The van der Waals surface area contributed by atoms with Crippen molar-refractivity contribution in [1.82, 2.24) is 0 Å². The number of ether oxygens (including phenoxy) is 1. The maximum absolute atomic E-state index is 11.0. The number of hydrogen-bond acceptors (Lipinski definition) is 4. The first kappa shape index (κ1) is 14.8. The lowest BCUT2D eigenvalue weighted by atomic mass is 10.1. The predicted octanol–water partition coefficient (Wildman–Crippen LogP) is 3.83. The first-order valence-electron chi connectivity index (χ1n) is 6.66. The summed E-state index contributed by atoms with van der Waals surface area (Å²) < 4.78 is 5.72. The summed E-state index contributed by atoms with van der Waals surface area (Å²) in [7, 11) is 1.66. The Labute approximate surface area is 123 Å². The van der Waals surface area contributed by atoms with Crippen LogP contribution in [0.15, 0.2) is 36.4 Å². The van der Waals surface area contributed by atoms with E-state index in [-0.39, 0.29) is 5.69 Å². The summed E-state index contributed by atoms with van der Waals surface area (Å²) in [4.78, 5) is 10.6. The van der Waals surface area contributed by atoms with Gasteiger partial charge in [0.1, 0.15) is 18.0 Å². The number of nitrogens with zero attached hydrogens (tertiary/aromatic N) is 1. The van der Waals surface area contributed by atoms with E-state index in [1.807, 2.05) is 32.0 Å². The Morgan fingerprint density at radius 3 is 2.38 bits per heavy atom. The number of aryl methyl sites for hydroxylation is 2. The third kappa shape index (κ3) is 3.72. The second kappa shape index (κ2) is 6.26. The molecule has 0 bridgehead atoms. The summed E-state index contributed by atoms with van der Waals surface area (Å²) in [5.41, 5.74) is 3.57. The average molecular weight is 286 g/mol. The molecule has 0 saturated heterocycles. The molecule has 0 unspecified atom stereocenters. The van der Waals surface area contributed by atoms with E-state index in [0.29, 0.717) is 12.3 Å². The van der Waals surface area contributed by atoms with Crippen molar-refractivity contribution in [3.05, 3.63) is 63.2 Å². The summed E-state index contributed by atoms with van der Waals surface area (Å²) >= 11 is 0. The number of nitrogens with one attached hydrogen (secondary N) is 1. The second-order valence-corrected chi connectivity index (χ2v) is 4.97. The number of nitro benzene ring substituents is 1. The molecule has 0 aliphatic carbocycles. The molecule has 0 atom stereocenters. The molecule has 0 spiro atoms. The third-order valence-corrected chi connectivity index (χ3v) is 3.13. The minimum absolute atomic E-state index is 0.0547. The molecule has 1 N–H and O–H groups in total. The van der Waals surface area contributed by atoms with E-state index in [1.54, 1.807) is 13.1 Å². The Morgan fingerprint density at radius 2 is 1.81 bits per heavy atom. The Balaban J connectivity index is 2.16. The van der Waals surface area contributed by atoms with E-state index < -0.39 is 4.92 Å². The molecule has 5 nitrogen and oxygen atoms in total. The van der Waals surface area contributed by atoms with Crippen LogP contribution in [-0.2, 0) is 6.61 Å². The quantitative estimate of drug-likeness (QED) is 0.670. The largest absolute Gasteiger partial charge is 0.489 e. The topological polar surface area (TPSA) is 64.4 Å². The van der Waals surface area contributed by atoms with Crippen LogP contribution in [0.25, 0.3) is 0 Å². The van der Waals surface area contributed by atoms with Gasteiger partial charge >= 0.3 is 0 Å². The van der Waals surface area contributed by atoms with Gasteiger partial charge in [-0.3, -0.25) is 10.1 Å². The molecule has 2 aromatic carbocycles. The van der Waals surface area contributed by atoms with Crippen LogP contribution < -0.4 is 10.1 Å². The van der Waals surface area contributed by atoms with Gasteiger partial charge in [-0.15, -0.1) is 0 Å². The standard InChI is InChI=1S/C16H18N2O3/c1-11-6-12(2)8-14(7-11)21-10-13-4-5-15(17-3)16(9-13)18(19)20/h4-9,17H,10H2,1-3H3. The number of hydrogen-bond donors (Lipinski definition) is 1. The summed E-state index contributed by atoms with van der Waals surface area (Å²) in [6.45, 7) is 4.31. The van der Waals surface area contributed by atoms with E-state index in [2.05, 4.69) is 11.4 Å². The molecule has 21 heavy (non-hydrogen) atoms. The van der Waals surface area contributed by atoms with Gasteiger partial charge in [-0.05, 0) is 48.7 Å². The molecule has 0 amide bonds. The second-order valence-electron chi connectivity index (χ2n) is 4.97. The van der Waals surface area contributed by atoms with Gasteiger partial charge in [0, 0.05) is 13.1 Å². The van der Waals surface area contributed by atoms with Gasteiger partial charge in [0.2, 0.25) is 0 Å². The highest BCUT2D eigenvalue weighted by Crippen LogP contribution is 2.26. The minimum atomic E-state index is -0.397. The Kier molecular flexibility index (Phi) is 4.42. The minimum Gasteiger partial charge on any atom is -0.489 e. The number of rotatable bonds is 5. The number of nitro groups is 1. The Morgan fingerprint density at radius 1 is 1.14 bits per heavy atom. The van der Waals surface area contributed by atoms with Crippen LogP contribution in [0.2, 0.25) is 0 Å². The van der Waals surface area contributed by atoms with E-state index >= 15 is 0 Å². The molecule has 2 rings (SSSR count). The molecule has 0 aromatic heterocycles. The van der Waals surface area contributed by atoms with Gasteiger partial charge in [0.05, 0.1) is 4.92 Å². The van der Waals surface area contributed by atoms with Crippen LogP contribution in [0.5, 0.6) is 5.75 Å². The van der Waals surface area contributed by atoms with Crippen LogP contribution in [-0.4, -0.2) is 12.0 Å². The SMILES string of the molecule is CNc1ccc(COc2cc(C)cc(C)c2)cc1[N+](=O)[O-]. The number of anilines is 1. The average Bonchev–Trinajstić information content (AvgIpc) is 2.43. The van der Waals surface area contributed by atoms with E-state index in [9.17, 15) is 10.1 Å². The van der Waals surface area contributed by atoms with E-state index in [1.165, 1.54) is 6.07 Å². The lowest BCUT2D eigenvalue weighted by molar-refractivity contribution is -0.384. The van der Waals surface area contributed by atoms with Gasteiger partial charge in [-0.25, -0.2) is 0 Å². The molecular weight excluding hydrogens is 268 g/mol. The van der Waals surface area contributed by atoms with Gasteiger partial charge in [-0.1, -0.05) is 12.1 Å². The Hall–Kier alpha value is -2.56. The fourth-order valence-corrected chi connectivity index (χ4v) is 2.21. The van der Waals surface area contributed by atoms with Crippen LogP contribution in [0.3, 0.4) is 0 Å². The molecule has 0 aliphatic rings. The van der Waals surface area contributed by atoms with Crippen molar-refractivity contribution in [3.63, 3.8) is 0 Å². The Bertz CT molecular complexity index is 648. The van der Waals surface area contributed by atoms with Crippen molar-refractivity contribution in [2.75, 3.05) is 12.4 Å². The smallest absolute Gasteiger partial charge is 0.292 e. The van der Waals surface area contributed by atoms with Crippen LogP contribution in [0, 0.1) is 24.0 Å². The molecule has 0 radical (unpaired) electrons. The zero-order valence-electron chi connectivity index (χ0n) is 12.3. The van der Waals surface area contributed by atoms with Crippen molar-refractivity contribution in [2.24, 2.45) is 0 Å². The first-order chi connectivity index (χ1) is 9.99. The van der Waals surface area contributed by atoms with Crippen molar-refractivity contribution in [3.8, 4) is 5.75 Å². The predicted molar refractivity (Wildman–Crippen MR) is 82.9 cm³/mol. The van der Waals surface area contributed by atoms with Gasteiger partial charge < -0.3 is 10.1 Å². The normalized spacial score (nSPS) is 10.2. The van der Waals surface area contributed by atoms with Crippen LogP contribution in [0.1, 0.15) is 16.7 Å². The zero-order valence-corrected chi connectivity index (χ0v) is 12.3. The summed E-state index contributed by atoms with van der Waals surface area (Å²) in [6, 6.07) is 11.0. The maximum atomic E-state index is 11.0. The molecule has 0 aliphatic heterocycles. The highest BCUT2D eigenvalue weighted by Gasteiger charge is 2.13. The highest BCUT2D eigenvalue weighted by atomic mass is 16.6. The lowest BCUT2D eigenvalue weighted by Gasteiger charge is -2.09. The number of benzene rings is 2. The molecule has 0 fully saturated rings. The third-order valence-electron chi connectivity index (χ3n) is 3.13. The zero-order chi connectivity index (χ0) is 15.4. The molecule has 0 saturated carbocycles. The maximum Gasteiger partial charge on any atom is 0.292 e. The van der Waals surface area contributed by atoms with Crippen LogP contribution in [0.4, 0.5) is 11.4 Å². The van der Waals surface area contributed by atoms with Gasteiger partial charge in [0.15, 0.2) is 0 Å². The van der Waals surface area contributed by atoms with Crippen molar-refractivity contribution < 1.29 is 9.66 Å². The van der Waals surface area contributed by atoms with Crippen molar-refractivity contribution in [2.45, 2.75) is 20.5 Å². The highest BCUT2D eigenvalue weighted by molar-refractivity contribution is 5.62. The summed E-state index contributed by atoms with van der Waals surface area (Å²) in [6.07, 6.45) is 0. The van der Waals surface area contributed by atoms with Gasteiger partial charge in [0.25, 0.3) is 5.69 Å². The first-order valence-corrected chi connectivity index (χ1v) is 6.66. The molecular formula is C16H18N2O3. The van der Waals surface area contributed by atoms with Crippen LogP contribution >= 0.6 is 0 Å². The van der Waals surface area contributed by atoms with E-state index in [4.69, 9.17) is 4.74 Å². The molecule has 5 heteroatoms. The summed E-state index contributed by atoms with van der Waals surface area (Å²) in [5.74, 6) is 0.771. The van der Waals surface area contributed by atoms with E-state index in [0.717, 1.165) is 22.4 Å². The fraction of sp³-hybridized carbons (Fsp3) is 0.250. The summed E-state index contributed by atoms with van der Waals surface area (Å²) in [5, 5.41) is 13.8.